The number of nitrogens with two attached hydrogens (primary N) is 1. The first-order valence-electron chi connectivity index (χ1n) is 3.07. The Morgan fingerprint density at radius 1 is 1.56 bits per heavy atom. The lowest BCUT2D eigenvalue weighted by molar-refractivity contribution is 0.828. The lowest BCUT2D eigenvalue weighted by atomic mass is 10.1. The highest BCUT2D eigenvalue weighted by atomic mass is 14.9. The van der Waals surface area contributed by atoms with Gasteiger partial charge < -0.3 is 11.1 Å². The van der Waals surface area contributed by atoms with Crippen molar-refractivity contribution in [1.82, 2.24) is 5.32 Å². The van der Waals surface area contributed by atoms with Crippen LogP contribution in [-0.4, -0.2) is 6.54 Å². The topological polar surface area (TPSA) is 38.0 Å². The van der Waals surface area contributed by atoms with Crippen molar-refractivity contribution in [3.8, 4) is 0 Å². The molecule has 1 aliphatic rings. The molecular weight excluding hydrogens is 112 g/mol. The minimum Gasteiger partial charge on any atom is -0.401 e. The molecule has 0 spiro atoms. The summed E-state index contributed by atoms with van der Waals surface area (Å²) in [6.45, 7) is 4.90. The standard InChI is InChI=1S/C7H12N2/c1-5-3-7(8)4-9-6(5)2/h3,9H,4,8H2,1-2H3. The van der Waals surface area contributed by atoms with Crippen molar-refractivity contribution >= 4 is 0 Å². The van der Waals surface area contributed by atoms with Crippen LogP contribution < -0.4 is 11.1 Å². The fourth-order valence-corrected chi connectivity index (χ4v) is 0.811. The average Bonchev–Trinajstić information content (AvgIpc) is 1.80. The van der Waals surface area contributed by atoms with Gasteiger partial charge in [0.05, 0.1) is 6.54 Å². The van der Waals surface area contributed by atoms with Crippen molar-refractivity contribution in [2.75, 3.05) is 6.54 Å². The Labute approximate surface area is 55.4 Å². The lowest BCUT2D eigenvalue weighted by Gasteiger charge is -2.14. The molecule has 1 aliphatic heterocycles. The number of dihydropyridines is 1. The monoisotopic (exact) mass is 124 g/mol. The number of allylic oxidation sites excluding steroid dienone is 3. The first-order valence-corrected chi connectivity index (χ1v) is 3.07. The SMILES string of the molecule is CC1=C(C)NCC(N)=C1. The predicted molar refractivity (Wildman–Crippen MR) is 38.6 cm³/mol. The van der Waals surface area contributed by atoms with Crippen LogP contribution in [0.3, 0.4) is 0 Å². The minimum absolute atomic E-state index is 0.795. The second kappa shape index (κ2) is 2.13. The second-order valence-corrected chi connectivity index (χ2v) is 2.38. The van der Waals surface area contributed by atoms with E-state index in [0.717, 1.165) is 12.2 Å². The molecule has 0 saturated heterocycles. The van der Waals surface area contributed by atoms with Gasteiger partial charge in [-0.1, -0.05) is 0 Å². The summed E-state index contributed by atoms with van der Waals surface area (Å²) in [6.07, 6.45) is 2.01. The molecule has 1 rings (SSSR count). The zero-order chi connectivity index (χ0) is 6.85. The molecule has 0 aromatic rings. The third-order valence-electron chi connectivity index (χ3n) is 1.55. The van der Waals surface area contributed by atoms with E-state index in [1.165, 1.54) is 11.3 Å². The highest BCUT2D eigenvalue weighted by Crippen LogP contribution is 2.07. The Morgan fingerprint density at radius 3 is 2.67 bits per heavy atom. The van der Waals surface area contributed by atoms with Crippen LogP contribution in [0.1, 0.15) is 13.8 Å². The summed E-state index contributed by atoms with van der Waals surface area (Å²) < 4.78 is 0. The molecule has 0 atom stereocenters. The predicted octanol–water partition coefficient (Wildman–Crippen LogP) is 0.726. The van der Waals surface area contributed by atoms with Crippen LogP contribution in [0.4, 0.5) is 0 Å². The zero-order valence-corrected chi connectivity index (χ0v) is 5.86. The Balaban J connectivity index is 2.83. The number of nitrogens with one attached hydrogen (secondary N) is 1. The van der Waals surface area contributed by atoms with Gasteiger partial charge in [0.1, 0.15) is 0 Å². The molecule has 2 heteroatoms. The maximum absolute atomic E-state index is 5.55. The Kier molecular flexibility index (Phi) is 1.47. The molecule has 0 aromatic heterocycles. The summed E-state index contributed by atoms with van der Waals surface area (Å²) in [6, 6.07) is 0. The van der Waals surface area contributed by atoms with Gasteiger partial charge in [-0.15, -0.1) is 0 Å². The Hall–Kier alpha value is -0.920. The van der Waals surface area contributed by atoms with Gasteiger partial charge in [-0.2, -0.15) is 0 Å². The van der Waals surface area contributed by atoms with E-state index in [2.05, 4.69) is 12.2 Å². The molecular formula is C7H12N2. The molecule has 0 saturated carbocycles. The summed E-state index contributed by atoms with van der Waals surface area (Å²) >= 11 is 0. The number of rotatable bonds is 0. The third-order valence-corrected chi connectivity index (χ3v) is 1.55. The molecule has 50 valence electrons. The quantitative estimate of drug-likeness (QED) is 0.499. The largest absolute Gasteiger partial charge is 0.401 e. The minimum atomic E-state index is 0.795. The highest BCUT2D eigenvalue weighted by Gasteiger charge is 2.00. The van der Waals surface area contributed by atoms with Crippen LogP contribution >= 0.6 is 0 Å². The fraction of sp³-hybridized carbons (Fsp3) is 0.429. The fourth-order valence-electron chi connectivity index (χ4n) is 0.811. The van der Waals surface area contributed by atoms with Crippen molar-refractivity contribution in [3.63, 3.8) is 0 Å². The van der Waals surface area contributed by atoms with Crippen LogP contribution in [0.5, 0.6) is 0 Å². The molecule has 0 aliphatic carbocycles. The van der Waals surface area contributed by atoms with E-state index in [1.54, 1.807) is 0 Å². The van der Waals surface area contributed by atoms with Crippen molar-refractivity contribution < 1.29 is 0 Å². The first kappa shape index (κ1) is 6.20. The second-order valence-electron chi connectivity index (χ2n) is 2.38. The van der Waals surface area contributed by atoms with E-state index < -0.39 is 0 Å². The molecule has 0 radical (unpaired) electrons. The molecule has 1 heterocycles. The molecule has 3 N–H and O–H groups in total. The van der Waals surface area contributed by atoms with Gasteiger partial charge >= 0.3 is 0 Å². The van der Waals surface area contributed by atoms with Gasteiger partial charge in [0.25, 0.3) is 0 Å². The molecule has 2 nitrogen and oxygen atoms in total. The highest BCUT2D eigenvalue weighted by molar-refractivity contribution is 5.29. The summed E-state index contributed by atoms with van der Waals surface area (Å²) in [5.74, 6) is 0. The van der Waals surface area contributed by atoms with Crippen molar-refractivity contribution in [1.29, 1.82) is 0 Å². The number of hydrogen-bond donors (Lipinski definition) is 2. The lowest BCUT2D eigenvalue weighted by Crippen LogP contribution is -2.23. The van der Waals surface area contributed by atoms with Crippen LogP contribution in [0.25, 0.3) is 0 Å². The van der Waals surface area contributed by atoms with Crippen LogP contribution in [0.15, 0.2) is 23.0 Å². The van der Waals surface area contributed by atoms with E-state index in [-0.39, 0.29) is 0 Å². The normalized spacial score (nSPS) is 19.1. The zero-order valence-electron chi connectivity index (χ0n) is 5.86. The Morgan fingerprint density at radius 2 is 2.22 bits per heavy atom. The molecule has 0 bridgehead atoms. The van der Waals surface area contributed by atoms with E-state index in [0.29, 0.717) is 0 Å². The van der Waals surface area contributed by atoms with Crippen molar-refractivity contribution in [2.24, 2.45) is 5.73 Å². The van der Waals surface area contributed by atoms with E-state index in [9.17, 15) is 0 Å². The van der Waals surface area contributed by atoms with E-state index in [4.69, 9.17) is 5.73 Å². The van der Waals surface area contributed by atoms with Gasteiger partial charge in [-0.25, -0.2) is 0 Å². The molecule has 0 fully saturated rings. The summed E-state index contributed by atoms with van der Waals surface area (Å²) in [7, 11) is 0. The molecule has 9 heavy (non-hydrogen) atoms. The van der Waals surface area contributed by atoms with Crippen molar-refractivity contribution in [2.45, 2.75) is 13.8 Å². The van der Waals surface area contributed by atoms with E-state index >= 15 is 0 Å². The first-order chi connectivity index (χ1) is 4.20. The summed E-state index contributed by atoms with van der Waals surface area (Å²) in [4.78, 5) is 0. The number of hydrogen-bond acceptors (Lipinski definition) is 2. The molecule has 0 aromatic carbocycles. The van der Waals surface area contributed by atoms with Gasteiger partial charge in [-0.3, -0.25) is 0 Å². The van der Waals surface area contributed by atoms with Crippen LogP contribution in [-0.2, 0) is 0 Å². The van der Waals surface area contributed by atoms with E-state index in [1.807, 2.05) is 13.0 Å². The van der Waals surface area contributed by atoms with Gasteiger partial charge in [-0.05, 0) is 25.5 Å². The van der Waals surface area contributed by atoms with Crippen molar-refractivity contribution in [3.05, 3.63) is 23.0 Å². The van der Waals surface area contributed by atoms with Crippen LogP contribution in [0, 0.1) is 0 Å². The third kappa shape index (κ3) is 1.25. The van der Waals surface area contributed by atoms with Gasteiger partial charge in [0.2, 0.25) is 0 Å². The average molecular weight is 124 g/mol. The maximum atomic E-state index is 5.55. The van der Waals surface area contributed by atoms with Gasteiger partial charge in [0.15, 0.2) is 0 Å². The Bertz CT molecular complexity index is 177. The summed E-state index contributed by atoms with van der Waals surface area (Å²) in [5, 5.41) is 3.17. The maximum Gasteiger partial charge on any atom is 0.0542 e. The van der Waals surface area contributed by atoms with Gasteiger partial charge in [0, 0.05) is 11.4 Å². The summed E-state index contributed by atoms with van der Waals surface area (Å²) in [5.41, 5.74) is 8.93. The molecule has 0 unspecified atom stereocenters. The smallest absolute Gasteiger partial charge is 0.0542 e. The molecule has 0 amide bonds. The van der Waals surface area contributed by atoms with Crippen LogP contribution in [0.2, 0.25) is 0 Å².